The van der Waals surface area contributed by atoms with Gasteiger partial charge in [-0.3, -0.25) is 9.59 Å². The van der Waals surface area contributed by atoms with Crippen molar-refractivity contribution in [1.82, 2.24) is 9.80 Å². The van der Waals surface area contributed by atoms with Crippen molar-refractivity contribution in [2.24, 2.45) is 5.41 Å². The van der Waals surface area contributed by atoms with E-state index in [1.165, 1.54) is 0 Å². The van der Waals surface area contributed by atoms with Gasteiger partial charge in [-0.15, -0.1) is 0 Å². The number of hydrogen-bond donors (Lipinski definition) is 0. The van der Waals surface area contributed by atoms with E-state index in [1.54, 1.807) is 0 Å². The van der Waals surface area contributed by atoms with Gasteiger partial charge in [0.05, 0.1) is 0 Å². The zero-order chi connectivity index (χ0) is 16.4. The fraction of sp³-hybridized carbons (Fsp3) is 0.579. The largest absolute Gasteiger partial charge is 0.342 e. The van der Waals surface area contributed by atoms with Gasteiger partial charge in [0.2, 0.25) is 11.8 Å². The van der Waals surface area contributed by atoms with Crippen LogP contribution in [0.5, 0.6) is 0 Å². The first-order chi connectivity index (χ1) is 11.0. The lowest BCUT2D eigenvalue weighted by molar-refractivity contribution is -0.150. The highest BCUT2D eigenvalue weighted by atomic mass is 16.2. The summed E-state index contributed by atoms with van der Waals surface area (Å²) in [5.74, 6) is 0.0898. The minimum atomic E-state index is -0.761. The molecule has 0 unspecified atom stereocenters. The third-order valence-electron chi connectivity index (χ3n) is 5.04. The van der Waals surface area contributed by atoms with Gasteiger partial charge < -0.3 is 9.80 Å². The number of amides is 2. The highest BCUT2D eigenvalue weighted by molar-refractivity contribution is 6.08. The number of benzene rings is 1. The number of rotatable bonds is 5. The van der Waals surface area contributed by atoms with Crippen molar-refractivity contribution in [2.45, 2.75) is 52.1 Å². The lowest BCUT2D eigenvalue weighted by Gasteiger charge is -2.32. The number of likely N-dealkylation sites (tertiary alicyclic amines) is 1. The zero-order valence-corrected chi connectivity index (χ0v) is 14.1. The average molecular weight is 314 g/mol. The molecule has 0 N–H and O–H groups in total. The molecule has 0 aromatic heterocycles. The summed E-state index contributed by atoms with van der Waals surface area (Å²) in [4.78, 5) is 29.7. The maximum atomic E-state index is 13.1. The van der Waals surface area contributed by atoms with Gasteiger partial charge >= 0.3 is 0 Å². The van der Waals surface area contributed by atoms with Gasteiger partial charge in [0.1, 0.15) is 5.41 Å². The predicted octanol–water partition coefficient (Wildman–Crippen LogP) is 2.83. The molecule has 2 amide bonds. The molecule has 1 aromatic carbocycles. The van der Waals surface area contributed by atoms with E-state index in [-0.39, 0.29) is 17.9 Å². The first-order valence-electron chi connectivity index (χ1n) is 8.69. The van der Waals surface area contributed by atoms with Gasteiger partial charge in [-0.25, -0.2) is 0 Å². The second kappa shape index (κ2) is 6.34. The summed E-state index contributed by atoms with van der Waals surface area (Å²) in [6, 6.07) is 10.1. The van der Waals surface area contributed by atoms with E-state index in [2.05, 4.69) is 0 Å². The van der Waals surface area contributed by atoms with Crippen molar-refractivity contribution < 1.29 is 9.59 Å². The van der Waals surface area contributed by atoms with E-state index in [4.69, 9.17) is 0 Å². The molecule has 4 nitrogen and oxygen atoms in total. The molecule has 4 heteroatoms. The van der Waals surface area contributed by atoms with Gasteiger partial charge in [-0.2, -0.15) is 0 Å². The Bertz CT molecular complexity index is 572. The molecule has 1 saturated carbocycles. The summed E-state index contributed by atoms with van der Waals surface area (Å²) in [5, 5.41) is 0. The standard InChI is InChI=1S/C19H26N2O2/c1-15(2)21(14-16-8-4-3-5-9-16)18(23)19(10-11-19)17(22)20-12-6-7-13-20/h3-5,8-9,15H,6-7,10-14H2,1-2H3. The van der Waals surface area contributed by atoms with Gasteiger partial charge in [0, 0.05) is 25.7 Å². The second-order valence-electron chi connectivity index (χ2n) is 7.09. The van der Waals surface area contributed by atoms with Crippen molar-refractivity contribution >= 4 is 11.8 Å². The molecule has 0 atom stereocenters. The minimum absolute atomic E-state index is 0.0215. The Morgan fingerprint density at radius 2 is 1.74 bits per heavy atom. The quantitative estimate of drug-likeness (QED) is 0.784. The van der Waals surface area contributed by atoms with Crippen LogP contribution in [0.4, 0.5) is 0 Å². The van der Waals surface area contributed by atoms with Crippen molar-refractivity contribution in [3.8, 4) is 0 Å². The van der Waals surface area contributed by atoms with Crippen LogP contribution in [-0.2, 0) is 16.1 Å². The highest BCUT2D eigenvalue weighted by Gasteiger charge is 2.59. The molecule has 1 aliphatic heterocycles. The Labute approximate surface area is 138 Å². The van der Waals surface area contributed by atoms with Crippen LogP contribution in [0.3, 0.4) is 0 Å². The molecule has 1 aliphatic carbocycles. The third kappa shape index (κ3) is 3.12. The molecule has 1 saturated heterocycles. The fourth-order valence-electron chi connectivity index (χ4n) is 3.41. The van der Waals surface area contributed by atoms with Gasteiger partial charge in [0.25, 0.3) is 0 Å². The third-order valence-corrected chi connectivity index (χ3v) is 5.04. The van der Waals surface area contributed by atoms with Crippen LogP contribution in [-0.4, -0.2) is 40.7 Å². The summed E-state index contributed by atoms with van der Waals surface area (Å²) in [7, 11) is 0. The second-order valence-corrected chi connectivity index (χ2v) is 7.09. The van der Waals surface area contributed by atoms with Gasteiger partial charge in [0.15, 0.2) is 0 Å². The lowest BCUT2D eigenvalue weighted by Crippen LogP contribution is -2.48. The molecular weight excluding hydrogens is 288 g/mol. The van der Waals surface area contributed by atoms with Crippen LogP contribution >= 0.6 is 0 Å². The molecule has 2 aliphatic rings. The van der Waals surface area contributed by atoms with Crippen molar-refractivity contribution in [1.29, 1.82) is 0 Å². The maximum Gasteiger partial charge on any atom is 0.238 e. The Morgan fingerprint density at radius 3 is 2.26 bits per heavy atom. The maximum absolute atomic E-state index is 13.1. The monoisotopic (exact) mass is 314 g/mol. The molecule has 0 bridgehead atoms. The van der Waals surface area contributed by atoms with Crippen LogP contribution in [0.15, 0.2) is 30.3 Å². The first-order valence-corrected chi connectivity index (χ1v) is 8.69. The fourth-order valence-corrected chi connectivity index (χ4v) is 3.41. The van der Waals surface area contributed by atoms with Crippen molar-refractivity contribution in [2.75, 3.05) is 13.1 Å². The Balaban J connectivity index is 1.76. The number of nitrogens with zero attached hydrogens (tertiary/aromatic N) is 2. The van der Waals surface area contributed by atoms with E-state index in [9.17, 15) is 9.59 Å². The molecule has 1 aromatic rings. The Hall–Kier alpha value is -1.84. The van der Waals surface area contributed by atoms with Crippen LogP contribution < -0.4 is 0 Å². The van der Waals surface area contributed by atoms with E-state index >= 15 is 0 Å². The van der Waals surface area contributed by atoms with Crippen LogP contribution in [0.2, 0.25) is 0 Å². The molecule has 23 heavy (non-hydrogen) atoms. The first kappa shape index (κ1) is 16.0. The number of carbonyl (C=O) groups excluding carboxylic acids is 2. The van der Waals surface area contributed by atoms with Gasteiger partial charge in [-0.05, 0) is 45.1 Å². The topological polar surface area (TPSA) is 40.6 Å². The van der Waals surface area contributed by atoms with E-state index in [0.717, 1.165) is 31.5 Å². The molecule has 0 spiro atoms. The summed E-state index contributed by atoms with van der Waals surface area (Å²) in [5.41, 5.74) is 0.350. The molecule has 1 heterocycles. The molecule has 124 valence electrons. The molecule has 2 fully saturated rings. The van der Waals surface area contributed by atoms with Crippen LogP contribution in [0.25, 0.3) is 0 Å². The highest BCUT2D eigenvalue weighted by Crippen LogP contribution is 2.49. The lowest BCUT2D eigenvalue weighted by atomic mass is 10.0. The smallest absolute Gasteiger partial charge is 0.238 e. The molecule has 3 rings (SSSR count). The zero-order valence-electron chi connectivity index (χ0n) is 14.1. The van der Waals surface area contributed by atoms with E-state index in [0.29, 0.717) is 19.4 Å². The van der Waals surface area contributed by atoms with E-state index in [1.807, 2.05) is 54.0 Å². The van der Waals surface area contributed by atoms with Crippen LogP contribution in [0.1, 0.15) is 45.1 Å². The molecule has 0 radical (unpaired) electrons. The van der Waals surface area contributed by atoms with Crippen LogP contribution in [0, 0.1) is 5.41 Å². The Kier molecular flexibility index (Phi) is 4.42. The number of hydrogen-bond acceptors (Lipinski definition) is 2. The minimum Gasteiger partial charge on any atom is -0.342 e. The normalized spacial score (nSPS) is 19.0. The average Bonchev–Trinajstić information content (AvgIpc) is 3.19. The summed E-state index contributed by atoms with van der Waals surface area (Å²) in [6.45, 7) is 6.25. The predicted molar refractivity (Wildman–Crippen MR) is 89.6 cm³/mol. The Morgan fingerprint density at radius 1 is 1.13 bits per heavy atom. The van der Waals surface area contributed by atoms with E-state index < -0.39 is 5.41 Å². The van der Waals surface area contributed by atoms with Crippen molar-refractivity contribution in [3.05, 3.63) is 35.9 Å². The molecular formula is C19H26N2O2. The summed E-state index contributed by atoms with van der Waals surface area (Å²) in [6.07, 6.45) is 3.54. The summed E-state index contributed by atoms with van der Waals surface area (Å²) < 4.78 is 0. The van der Waals surface area contributed by atoms with Gasteiger partial charge in [-0.1, -0.05) is 30.3 Å². The SMILES string of the molecule is CC(C)N(Cc1ccccc1)C(=O)C1(C(=O)N2CCCC2)CC1. The summed E-state index contributed by atoms with van der Waals surface area (Å²) >= 11 is 0. The number of carbonyl (C=O) groups is 2. The van der Waals surface area contributed by atoms with Crippen molar-refractivity contribution in [3.63, 3.8) is 0 Å².